The van der Waals surface area contributed by atoms with Crippen LogP contribution in [0.15, 0.2) is 0 Å². The van der Waals surface area contributed by atoms with Crippen molar-refractivity contribution in [2.45, 2.75) is 26.0 Å². The number of rotatable bonds is 1. The molecule has 7 heavy (non-hydrogen) atoms. The Balaban J connectivity index is 0. The standard InChI is InChI=1S/C4H11NO.ClH/c1-3(5)4(2)6;/h3-4,6H,5H2,1-2H3;1H/t3-,4-;/m1./s1. The Morgan fingerprint density at radius 3 is 1.57 bits per heavy atom. The molecule has 0 radical (unpaired) electrons. The van der Waals surface area contributed by atoms with Gasteiger partial charge in [0.05, 0.1) is 6.10 Å². The van der Waals surface area contributed by atoms with Gasteiger partial charge in [-0.1, -0.05) is 0 Å². The van der Waals surface area contributed by atoms with Crippen LogP contribution < -0.4 is 5.73 Å². The molecule has 0 aromatic rings. The lowest BCUT2D eigenvalue weighted by Gasteiger charge is -2.04. The van der Waals surface area contributed by atoms with Crippen molar-refractivity contribution in [3.8, 4) is 0 Å². The summed E-state index contributed by atoms with van der Waals surface area (Å²) in [6, 6.07) is -0.0926. The summed E-state index contributed by atoms with van der Waals surface area (Å²) in [4.78, 5) is 0. The molecule has 0 aromatic heterocycles. The van der Waals surface area contributed by atoms with Gasteiger partial charge in [-0.3, -0.25) is 0 Å². The minimum atomic E-state index is -0.370. The Hall–Kier alpha value is 0.210. The van der Waals surface area contributed by atoms with Crippen LogP contribution in [0, 0.1) is 0 Å². The van der Waals surface area contributed by atoms with E-state index in [9.17, 15) is 0 Å². The summed E-state index contributed by atoms with van der Waals surface area (Å²) in [5, 5.41) is 8.50. The maximum Gasteiger partial charge on any atom is 0.0660 e. The van der Waals surface area contributed by atoms with E-state index in [1.165, 1.54) is 0 Å². The van der Waals surface area contributed by atoms with Crippen LogP contribution in [-0.2, 0) is 0 Å². The first kappa shape index (κ1) is 10.2. The first-order valence-corrected chi connectivity index (χ1v) is 2.08. The molecule has 0 unspecified atom stereocenters. The molecule has 0 spiro atoms. The van der Waals surface area contributed by atoms with E-state index in [4.69, 9.17) is 10.8 Å². The molecule has 0 heterocycles. The fourth-order valence-electron chi connectivity index (χ4n) is 0. The minimum absolute atomic E-state index is 0. The van der Waals surface area contributed by atoms with Crippen molar-refractivity contribution >= 4 is 12.4 Å². The Bertz CT molecular complexity index is 32.7. The van der Waals surface area contributed by atoms with E-state index < -0.39 is 0 Å². The van der Waals surface area contributed by atoms with Gasteiger partial charge < -0.3 is 10.8 Å². The highest BCUT2D eigenvalue weighted by molar-refractivity contribution is 5.85. The summed E-state index contributed by atoms with van der Waals surface area (Å²) in [6.07, 6.45) is -0.370. The van der Waals surface area contributed by atoms with Crippen molar-refractivity contribution in [1.29, 1.82) is 0 Å². The lowest BCUT2D eigenvalue weighted by atomic mass is 10.2. The van der Waals surface area contributed by atoms with Crippen LogP contribution >= 0.6 is 12.4 Å². The highest BCUT2D eigenvalue weighted by atomic mass is 35.5. The van der Waals surface area contributed by atoms with Gasteiger partial charge in [0.15, 0.2) is 0 Å². The highest BCUT2D eigenvalue weighted by Crippen LogP contribution is 1.81. The van der Waals surface area contributed by atoms with Gasteiger partial charge in [0.25, 0.3) is 0 Å². The highest BCUT2D eigenvalue weighted by Gasteiger charge is 1.97. The molecule has 2 nitrogen and oxygen atoms in total. The third kappa shape index (κ3) is 6.21. The summed E-state index contributed by atoms with van der Waals surface area (Å²) >= 11 is 0. The molecule has 2 atom stereocenters. The average molecular weight is 126 g/mol. The van der Waals surface area contributed by atoms with Crippen LogP contribution in [0.25, 0.3) is 0 Å². The van der Waals surface area contributed by atoms with Crippen molar-refractivity contribution in [3.63, 3.8) is 0 Å². The van der Waals surface area contributed by atoms with E-state index in [1.807, 2.05) is 0 Å². The zero-order valence-electron chi connectivity index (χ0n) is 4.59. The predicted molar refractivity (Wildman–Crippen MR) is 32.6 cm³/mol. The van der Waals surface area contributed by atoms with Crippen molar-refractivity contribution in [2.75, 3.05) is 0 Å². The summed E-state index contributed by atoms with van der Waals surface area (Å²) in [5.41, 5.74) is 5.19. The van der Waals surface area contributed by atoms with Gasteiger partial charge in [-0.15, -0.1) is 12.4 Å². The van der Waals surface area contributed by atoms with Gasteiger partial charge in [-0.2, -0.15) is 0 Å². The molecule has 0 amide bonds. The van der Waals surface area contributed by atoms with Gasteiger partial charge in [-0.25, -0.2) is 0 Å². The number of aliphatic hydroxyl groups is 1. The number of aliphatic hydroxyl groups excluding tert-OH is 1. The number of hydrogen-bond donors (Lipinski definition) is 2. The average Bonchev–Trinajstić information content (AvgIpc) is 1.36. The first-order valence-electron chi connectivity index (χ1n) is 2.08. The summed E-state index contributed by atoms with van der Waals surface area (Å²) in [6.45, 7) is 3.44. The molecule has 0 aromatic carbocycles. The van der Waals surface area contributed by atoms with Crippen LogP contribution in [0.1, 0.15) is 13.8 Å². The smallest absolute Gasteiger partial charge is 0.0660 e. The van der Waals surface area contributed by atoms with E-state index in [0.717, 1.165) is 0 Å². The largest absolute Gasteiger partial charge is 0.392 e. The Morgan fingerprint density at radius 1 is 1.43 bits per heavy atom. The van der Waals surface area contributed by atoms with Gasteiger partial charge in [0.2, 0.25) is 0 Å². The number of hydrogen-bond acceptors (Lipinski definition) is 2. The summed E-state index contributed by atoms with van der Waals surface area (Å²) in [7, 11) is 0. The van der Waals surface area contributed by atoms with E-state index in [0.29, 0.717) is 0 Å². The van der Waals surface area contributed by atoms with Crippen molar-refractivity contribution < 1.29 is 5.11 Å². The summed E-state index contributed by atoms with van der Waals surface area (Å²) in [5.74, 6) is 0. The molecule has 0 rings (SSSR count). The Kier molecular flexibility index (Phi) is 6.40. The Labute approximate surface area is 50.1 Å². The lowest BCUT2D eigenvalue weighted by molar-refractivity contribution is 0.170. The second kappa shape index (κ2) is 4.37. The second-order valence-electron chi connectivity index (χ2n) is 1.60. The monoisotopic (exact) mass is 125 g/mol. The van der Waals surface area contributed by atoms with E-state index in [-0.39, 0.29) is 24.6 Å². The quantitative estimate of drug-likeness (QED) is 0.524. The lowest BCUT2D eigenvalue weighted by Crippen LogP contribution is -2.28. The molecule has 0 bridgehead atoms. The molecule has 46 valence electrons. The summed E-state index contributed by atoms with van der Waals surface area (Å²) < 4.78 is 0. The van der Waals surface area contributed by atoms with E-state index in [2.05, 4.69) is 0 Å². The maximum atomic E-state index is 8.50. The molecule has 0 saturated heterocycles. The van der Waals surface area contributed by atoms with E-state index >= 15 is 0 Å². The molecule has 0 fully saturated rings. The molecular formula is C4H12ClNO. The van der Waals surface area contributed by atoms with Crippen molar-refractivity contribution in [1.82, 2.24) is 0 Å². The van der Waals surface area contributed by atoms with Gasteiger partial charge in [0, 0.05) is 6.04 Å². The number of halogens is 1. The molecule has 3 N–H and O–H groups in total. The van der Waals surface area contributed by atoms with Gasteiger partial charge in [0.1, 0.15) is 0 Å². The molecule has 0 saturated carbocycles. The Morgan fingerprint density at radius 2 is 1.57 bits per heavy atom. The van der Waals surface area contributed by atoms with Crippen LogP contribution in [-0.4, -0.2) is 17.3 Å². The SMILES string of the molecule is C[C@@H](N)[C@@H](C)O.Cl. The molecule has 3 heteroatoms. The van der Waals surface area contributed by atoms with Crippen molar-refractivity contribution in [3.05, 3.63) is 0 Å². The van der Waals surface area contributed by atoms with Gasteiger partial charge >= 0.3 is 0 Å². The first-order chi connectivity index (χ1) is 2.64. The fourth-order valence-corrected chi connectivity index (χ4v) is 0. The minimum Gasteiger partial charge on any atom is -0.392 e. The second-order valence-corrected chi connectivity index (χ2v) is 1.60. The van der Waals surface area contributed by atoms with E-state index in [1.54, 1.807) is 13.8 Å². The van der Waals surface area contributed by atoms with Crippen LogP contribution in [0.4, 0.5) is 0 Å². The van der Waals surface area contributed by atoms with Crippen LogP contribution in [0.3, 0.4) is 0 Å². The van der Waals surface area contributed by atoms with Gasteiger partial charge in [-0.05, 0) is 13.8 Å². The predicted octanol–water partition coefficient (Wildman–Crippen LogP) is 0.136. The zero-order chi connectivity index (χ0) is 5.15. The third-order valence-corrected chi connectivity index (χ3v) is 0.761. The van der Waals surface area contributed by atoms with Crippen LogP contribution in [0.2, 0.25) is 0 Å². The van der Waals surface area contributed by atoms with Crippen molar-refractivity contribution in [2.24, 2.45) is 5.73 Å². The molecular weight excluding hydrogens is 114 g/mol. The topological polar surface area (TPSA) is 46.2 Å². The third-order valence-electron chi connectivity index (χ3n) is 0.761. The molecule has 0 aliphatic heterocycles. The number of nitrogens with two attached hydrogens (primary N) is 1. The maximum absolute atomic E-state index is 8.50. The van der Waals surface area contributed by atoms with Crippen LogP contribution in [0.5, 0.6) is 0 Å². The molecule has 0 aliphatic carbocycles. The molecule has 0 aliphatic rings. The zero-order valence-corrected chi connectivity index (χ0v) is 5.40. The fraction of sp³-hybridized carbons (Fsp3) is 1.00. The normalized spacial score (nSPS) is 17.1.